The first kappa shape index (κ1) is 9.37. The van der Waals surface area contributed by atoms with E-state index in [2.05, 4.69) is 31.2 Å². The van der Waals surface area contributed by atoms with Crippen LogP contribution >= 0.6 is 11.3 Å². The van der Waals surface area contributed by atoms with Gasteiger partial charge in [0.05, 0.1) is 5.60 Å². The Morgan fingerprint density at radius 2 is 2.00 bits per heavy atom. The second-order valence-corrected chi connectivity index (χ2v) is 5.67. The molecule has 1 aliphatic carbocycles. The first-order chi connectivity index (χ1) is 7.21. The van der Waals surface area contributed by atoms with E-state index in [9.17, 15) is 5.11 Å². The van der Waals surface area contributed by atoms with E-state index in [0.717, 1.165) is 19.3 Å². The quantitative estimate of drug-likeness (QED) is 0.775. The van der Waals surface area contributed by atoms with Crippen LogP contribution in [0.1, 0.15) is 29.7 Å². The molecular weight excluding hydrogens is 204 g/mol. The fraction of sp³-hybridized carbons (Fsp3) is 0.385. The lowest BCUT2D eigenvalue weighted by Crippen LogP contribution is -2.33. The third-order valence-corrected chi connectivity index (χ3v) is 4.50. The van der Waals surface area contributed by atoms with Crippen LogP contribution < -0.4 is 0 Å². The van der Waals surface area contributed by atoms with Crippen LogP contribution in [0.15, 0.2) is 24.3 Å². The summed E-state index contributed by atoms with van der Waals surface area (Å²) in [6.07, 6.45) is 3.00. The fourth-order valence-corrected chi connectivity index (χ4v) is 3.67. The number of aliphatic hydroxyl groups is 1. The van der Waals surface area contributed by atoms with Crippen molar-refractivity contribution >= 4 is 21.4 Å². The Morgan fingerprint density at radius 1 is 1.27 bits per heavy atom. The van der Waals surface area contributed by atoms with Gasteiger partial charge in [0.15, 0.2) is 0 Å². The average molecular weight is 218 g/mol. The second kappa shape index (κ2) is 3.06. The van der Waals surface area contributed by atoms with E-state index in [1.54, 1.807) is 11.3 Å². The molecule has 1 N–H and O–H groups in total. The van der Waals surface area contributed by atoms with Crippen LogP contribution in [0.4, 0.5) is 0 Å². The van der Waals surface area contributed by atoms with Gasteiger partial charge in [-0.1, -0.05) is 18.2 Å². The number of thiophene rings is 1. The van der Waals surface area contributed by atoms with Crippen molar-refractivity contribution in [2.24, 2.45) is 0 Å². The molecule has 1 saturated carbocycles. The molecule has 1 aliphatic rings. The number of hydrogen-bond acceptors (Lipinski definition) is 2. The van der Waals surface area contributed by atoms with Crippen LogP contribution in [0, 0.1) is 6.92 Å². The first-order valence-corrected chi connectivity index (χ1v) is 6.23. The lowest BCUT2D eigenvalue weighted by molar-refractivity contribution is -0.0375. The summed E-state index contributed by atoms with van der Waals surface area (Å²) in [5, 5.41) is 11.7. The van der Waals surface area contributed by atoms with E-state index < -0.39 is 5.60 Å². The largest absolute Gasteiger partial charge is 0.385 e. The lowest BCUT2D eigenvalue weighted by Gasteiger charge is -2.37. The standard InChI is InChI=1S/C13H14OS/c1-9-12(13(14)7-4-8-13)10-5-2-3-6-11(10)15-9/h2-3,5-6,14H,4,7-8H2,1H3. The maximum absolute atomic E-state index is 10.5. The summed E-state index contributed by atoms with van der Waals surface area (Å²) in [5.74, 6) is 0. The SMILES string of the molecule is Cc1sc2ccccc2c1C1(O)CCC1. The van der Waals surface area contributed by atoms with Crippen molar-refractivity contribution in [3.8, 4) is 0 Å². The summed E-state index contributed by atoms with van der Waals surface area (Å²) in [5.41, 5.74) is 0.665. The molecule has 0 spiro atoms. The molecule has 15 heavy (non-hydrogen) atoms. The minimum absolute atomic E-state index is 0.524. The van der Waals surface area contributed by atoms with Crippen LogP contribution in [-0.4, -0.2) is 5.11 Å². The van der Waals surface area contributed by atoms with Crippen molar-refractivity contribution in [2.75, 3.05) is 0 Å². The van der Waals surface area contributed by atoms with Crippen molar-refractivity contribution in [2.45, 2.75) is 31.8 Å². The van der Waals surface area contributed by atoms with Gasteiger partial charge in [0.25, 0.3) is 0 Å². The third-order valence-electron chi connectivity index (χ3n) is 3.42. The normalized spacial score (nSPS) is 19.1. The van der Waals surface area contributed by atoms with Crippen LogP contribution in [-0.2, 0) is 5.60 Å². The molecule has 0 bridgehead atoms. The Kier molecular flexibility index (Phi) is 1.91. The maximum atomic E-state index is 10.5. The van der Waals surface area contributed by atoms with Gasteiger partial charge in [-0.25, -0.2) is 0 Å². The van der Waals surface area contributed by atoms with E-state index in [0.29, 0.717) is 0 Å². The second-order valence-electron chi connectivity index (χ2n) is 4.41. The smallest absolute Gasteiger partial charge is 0.0913 e. The van der Waals surface area contributed by atoms with Crippen molar-refractivity contribution in [1.82, 2.24) is 0 Å². The van der Waals surface area contributed by atoms with Crippen molar-refractivity contribution in [1.29, 1.82) is 0 Å². The third kappa shape index (κ3) is 1.25. The number of aryl methyl sites for hydroxylation is 1. The van der Waals surface area contributed by atoms with Gasteiger partial charge in [-0.3, -0.25) is 0 Å². The highest BCUT2D eigenvalue weighted by Crippen LogP contribution is 2.47. The lowest BCUT2D eigenvalue weighted by atomic mass is 9.74. The van der Waals surface area contributed by atoms with Gasteiger partial charge in [-0.2, -0.15) is 0 Å². The zero-order valence-corrected chi connectivity index (χ0v) is 9.60. The number of hydrogen-bond donors (Lipinski definition) is 1. The molecule has 78 valence electrons. The van der Waals surface area contributed by atoms with Gasteiger partial charge in [-0.15, -0.1) is 11.3 Å². The zero-order chi connectivity index (χ0) is 10.5. The topological polar surface area (TPSA) is 20.2 Å². The zero-order valence-electron chi connectivity index (χ0n) is 8.79. The molecular formula is C13H14OS. The highest BCUT2D eigenvalue weighted by atomic mass is 32.1. The maximum Gasteiger partial charge on any atom is 0.0913 e. The molecule has 1 aromatic carbocycles. The van der Waals surface area contributed by atoms with Gasteiger partial charge in [0.1, 0.15) is 0 Å². The molecule has 0 aliphatic heterocycles. The van der Waals surface area contributed by atoms with Crippen molar-refractivity contribution < 1.29 is 5.11 Å². The van der Waals surface area contributed by atoms with Crippen LogP contribution in [0.3, 0.4) is 0 Å². The summed E-state index contributed by atoms with van der Waals surface area (Å²) in [6.45, 7) is 2.12. The summed E-state index contributed by atoms with van der Waals surface area (Å²) >= 11 is 1.79. The molecule has 1 nitrogen and oxygen atoms in total. The van der Waals surface area contributed by atoms with Crippen LogP contribution in [0.25, 0.3) is 10.1 Å². The molecule has 1 aromatic heterocycles. The molecule has 0 radical (unpaired) electrons. The number of fused-ring (bicyclic) bond motifs is 1. The van der Waals surface area contributed by atoms with E-state index in [-0.39, 0.29) is 0 Å². The fourth-order valence-electron chi connectivity index (χ4n) is 2.51. The molecule has 2 heteroatoms. The highest BCUT2D eigenvalue weighted by Gasteiger charge is 2.39. The van der Waals surface area contributed by atoms with Gasteiger partial charge < -0.3 is 5.11 Å². The Hall–Kier alpha value is -0.860. The van der Waals surface area contributed by atoms with Gasteiger partial charge >= 0.3 is 0 Å². The number of benzene rings is 1. The monoisotopic (exact) mass is 218 g/mol. The van der Waals surface area contributed by atoms with E-state index in [4.69, 9.17) is 0 Å². The number of rotatable bonds is 1. The summed E-state index contributed by atoms with van der Waals surface area (Å²) < 4.78 is 1.30. The van der Waals surface area contributed by atoms with E-state index >= 15 is 0 Å². The molecule has 1 fully saturated rings. The van der Waals surface area contributed by atoms with Crippen LogP contribution in [0.2, 0.25) is 0 Å². The first-order valence-electron chi connectivity index (χ1n) is 5.42. The van der Waals surface area contributed by atoms with Gasteiger partial charge in [-0.05, 0) is 37.6 Å². The molecule has 2 aromatic rings. The predicted octanol–water partition coefficient (Wildman–Crippen LogP) is 3.58. The molecule has 0 saturated heterocycles. The summed E-state index contributed by atoms with van der Waals surface area (Å²) in [4.78, 5) is 1.28. The Labute approximate surface area is 93.4 Å². The van der Waals surface area contributed by atoms with Gasteiger partial charge in [0.2, 0.25) is 0 Å². The minimum atomic E-state index is -0.524. The van der Waals surface area contributed by atoms with E-state index in [1.807, 2.05) is 0 Å². The molecule has 1 heterocycles. The van der Waals surface area contributed by atoms with Crippen LogP contribution in [0.5, 0.6) is 0 Å². The average Bonchev–Trinajstić information content (AvgIpc) is 2.51. The van der Waals surface area contributed by atoms with Crippen molar-refractivity contribution in [3.05, 3.63) is 34.7 Å². The Balaban J connectivity index is 2.29. The predicted molar refractivity (Wildman–Crippen MR) is 64.3 cm³/mol. The molecule has 0 amide bonds. The summed E-state index contributed by atoms with van der Waals surface area (Å²) in [7, 11) is 0. The molecule has 3 rings (SSSR count). The molecule has 0 unspecified atom stereocenters. The van der Waals surface area contributed by atoms with Gasteiger partial charge in [0, 0.05) is 15.1 Å². The Morgan fingerprint density at radius 3 is 2.67 bits per heavy atom. The minimum Gasteiger partial charge on any atom is -0.385 e. The molecule has 0 atom stereocenters. The van der Waals surface area contributed by atoms with E-state index in [1.165, 1.54) is 20.5 Å². The highest BCUT2D eigenvalue weighted by molar-refractivity contribution is 7.19. The summed E-state index contributed by atoms with van der Waals surface area (Å²) in [6, 6.07) is 8.38. The Bertz CT molecular complexity index is 508. The van der Waals surface area contributed by atoms with Crippen molar-refractivity contribution in [3.63, 3.8) is 0 Å².